The van der Waals surface area contributed by atoms with E-state index in [1.165, 1.54) is 4.88 Å². The van der Waals surface area contributed by atoms with E-state index in [-0.39, 0.29) is 0 Å². The van der Waals surface area contributed by atoms with E-state index in [0.29, 0.717) is 5.56 Å². The van der Waals surface area contributed by atoms with Crippen molar-refractivity contribution in [2.75, 3.05) is 0 Å². The molecule has 3 nitrogen and oxygen atoms in total. The molecule has 5 heteroatoms. The monoisotopic (exact) mass is 335 g/mol. The van der Waals surface area contributed by atoms with Gasteiger partial charge in [-0.2, -0.15) is 0 Å². The summed E-state index contributed by atoms with van der Waals surface area (Å²) in [5.41, 5.74) is 1.30. The highest BCUT2D eigenvalue weighted by Crippen LogP contribution is 2.26. The SMILES string of the molecule is O=C(O)c1cccc2c1ccn2Cc1ccc(Br)s1. The fraction of sp³-hybridized carbons (Fsp3) is 0.0714. The van der Waals surface area contributed by atoms with E-state index in [2.05, 4.69) is 26.6 Å². The van der Waals surface area contributed by atoms with Gasteiger partial charge >= 0.3 is 5.97 Å². The molecule has 0 atom stereocenters. The number of halogens is 1. The molecule has 0 spiro atoms. The van der Waals surface area contributed by atoms with Crippen LogP contribution in [0.15, 0.2) is 46.4 Å². The Morgan fingerprint density at radius 1 is 1.26 bits per heavy atom. The molecular weight excluding hydrogens is 326 g/mol. The maximum absolute atomic E-state index is 11.2. The van der Waals surface area contributed by atoms with Gasteiger partial charge in [0.1, 0.15) is 0 Å². The van der Waals surface area contributed by atoms with Crippen LogP contribution in [-0.4, -0.2) is 15.6 Å². The normalized spacial score (nSPS) is 11.0. The molecule has 2 heterocycles. The van der Waals surface area contributed by atoms with Crippen LogP contribution in [0.2, 0.25) is 0 Å². The zero-order valence-corrected chi connectivity index (χ0v) is 12.2. The van der Waals surface area contributed by atoms with E-state index < -0.39 is 5.97 Å². The van der Waals surface area contributed by atoms with Gasteiger partial charge in [-0.25, -0.2) is 4.79 Å². The predicted molar refractivity (Wildman–Crippen MR) is 80.0 cm³/mol. The number of thiophene rings is 1. The second-order valence-corrected chi connectivity index (χ2v) is 6.74. The van der Waals surface area contributed by atoms with Gasteiger partial charge in [0.15, 0.2) is 0 Å². The highest BCUT2D eigenvalue weighted by molar-refractivity contribution is 9.11. The fourth-order valence-corrected chi connectivity index (χ4v) is 3.63. The minimum Gasteiger partial charge on any atom is -0.478 e. The highest BCUT2D eigenvalue weighted by Gasteiger charge is 2.11. The van der Waals surface area contributed by atoms with Gasteiger partial charge in [-0.1, -0.05) is 6.07 Å². The number of aromatic carboxylic acids is 1. The second kappa shape index (κ2) is 4.83. The van der Waals surface area contributed by atoms with Gasteiger partial charge in [0.2, 0.25) is 0 Å². The number of fused-ring (bicyclic) bond motifs is 1. The lowest BCUT2D eigenvalue weighted by molar-refractivity contribution is 0.0699. The summed E-state index contributed by atoms with van der Waals surface area (Å²) in [6, 6.07) is 11.3. The quantitative estimate of drug-likeness (QED) is 0.778. The predicted octanol–water partition coefficient (Wildman–Crippen LogP) is 4.21. The van der Waals surface area contributed by atoms with Gasteiger partial charge < -0.3 is 9.67 Å². The Kier molecular flexibility index (Phi) is 3.16. The van der Waals surface area contributed by atoms with Crippen LogP contribution in [0.4, 0.5) is 0 Å². The Hall–Kier alpha value is -1.59. The van der Waals surface area contributed by atoms with Crippen LogP contribution in [0.25, 0.3) is 10.9 Å². The topological polar surface area (TPSA) is 42.2 Å². The first kappa shape index (κ1) is 12.4. The first-order valence-corrected chi connectivity index (χ1v) is 7.31. The zero-order valence-electron chi connectivity index (χ0n) is 9.84. The first-order chi connectivity index (χ1) is 9.15. The van der Waals surface area contributed by atoms with E-state index in [4.69, 9.17) is 0 Å². The number of rotatable bonds is 3. The Morgan fingerprint density at radius 3 is 2.79 bits per heavy atom. The van der Waals surface area contributed by atoms with Crippen molar-refractivity contribution in [3.63, 3.8) is 0 Å². The molecule has 3 rings (SSSR count). The van der Waals surface area contributed by atoms with Crippen molar-refractivity contribution >= 4 is 44.1 Å². The van der Waals surface area contributed by atoms with Crippen LogP contribution < -0.4 is 0 Å². The number of carboxylic acids is 1. The third kappa shape index (κ3) is 2.31. The molecule has 0 aliphatic rings. The Balaban J connectivity index is 2.06. The lowest BCUT2D eigenvalue weighted by Crippen LogP contribution is -1.98. The summed E-state index contributed by atoms with van der Waals surface area (Å²) >= 11 is 5.13. The number of hydrogen-bond acceptors (Lipinski definition) is 2. The molecule has 0 fully saturated rings. The number of benzene rings is 1. The summed E-state index contributed by atoms with van der Waals surface area (Å²) in [7, 11) is 0. The number of aromatic nitrogens is 1. The average Bonchev–Trinajstić information content (AvgIpc) is 2.97. The average molecular weight is 336 g/mol. The van der Waals surface area contributed by atoms with Gasteiger partial charge in [-0.15, -0.1) is 11.3 Å². The van der Waals surface area contributed by atoms with E-state index in [9.17, 15) is 9.90 Å². The molecule has 1 N–H and O–H groups in total. The molecule has 0 unspecified atom stereocenters. The molecular formula is C14H10BrNO2S. The molecule has 0 radical (unpaired) electrons. The van der Waals surface area contributed by atoms with Crippen molar-refractivity contribution in [3.8, 4) is 0 Å². The summed E-state index contributed by atoms with van der Waals surface area (Å²) in [5.74, 6) is -0.887. The van der Waals surface area contributed by atoms with E-state index >= 15 is 0 Å². The summed E-state index contributed by atoms with van der Waals surface area (Å²) in [5, 5.41) is 9.95. The maximum Gasteiger partial charge on any atom is 0.336 e. The zero-order chi connectivity index (χ0) is 13.4. The van der Waals surface area contributed by atoms with Crippen LogP contribution in [-0.2, 0) is 6.54 Å². The third-order valence-electron chi connectivity index (χ3n) is 3.00. The minimum atomic E-state index is -0.887. The summed E-state index contributed by atoms with van der Waals surface area (Å²) in [4.78, 5) is 12.4. The van der Waals surface area contributed by atoms with Gasteiger partial charge in [-0.05, 0) is 46.3 Å². The Bertz CT molecular complexity index is 760. The van der Waals surface area contributed by atoms with Crippen molar-refractivity contribution in [2.45, 2.75) is 6.54 Å². The third-order valence-corrected chi connectivity index (χ3v) is 4.61. The van der Waals surface area contributed by atoms with Crippen LogP contribution in [0.1, 0.15) is 15.2 Å². The van der Waals surface area contributed by atoms with Crippen LogP contribution in [0.3, 0.4) is 0 Å². The fourth-order valence-electron chi connectivity index (χ4n) is 2.15. The molecule has 0 aliphatic heterocycles. The molecule has 0 aliphatic carbocycles. The summed E-state index contributed by atoms with van der Waals surface area (Å²) < 4.78 is 3.17. The van der Waals surface area contributed by atoms with Gasteiger partial charge in [-0.3, -0.25) is 0 Å². The van der Waals surface area contributed by atoms with Crippen molar-refractivity contribution in [1.29, 1.82) is 0 Å². The van der Waals surface area contributed by atoms with Gasteiger partial charge in [0.05, 0.1) is 15.9 Å². The molecule has 0 saturated heterocycles. The van der Waals surface area contributed by atoms with E-state index in [1.807, 2.05) is 24.4 Å². The van der Waals surface area contributed by atoms with Crippen LogP contribution in [0.5, 0.6) is 0 Å². The van der Waals surface area contributed by atoms with Crippen molar-refractivity contribution in [1.82, 2.24) is 4.57 Å². The lowest BCUT2D eigenvalue weighted by atomic mass is 10.1. The summed E-state index contributed by atoms with van der Waals surface area (Å²) in [6.45, 7) is 0.753. The second-order valence-electron chi connectivity index (χ2n) is 4.19. The molecule has 0 amide bonds. The smallest absolute Gasteiger partial charge is 0.336 e. The molecule has 0 saturated carbocycles. The van der Waals surface area contributed by atoms with Crippen molar-refractivity contribution in [2.24, 2.45) is 0 Å². The molecule has 0 bridgehead atoms. The number of carboxylic acid groups (broad SMARTS) is 1. The molecule has 19 heavy (non-hydrogen) atoms. The van der Waals surface area contributed by atoms with E-state index in [0.717, 1.165) is 21.2 Å². The Morgan fingerprint density at radius 2 is 2.11 bits per heavy atom. The van der Waals surface area contributed by atoms with E-state index in [1.54, 1.807) is 23.5 Å². The Labute approximate surface area is 122 Å². The van der Waals surface area contributed by atoms with Crippen LogP contribution in [0, 0.1) is 0 Å². The molecule has 96 valence electrons. The largest absolute Gasteiger partial charge is 0.478 e. The summed E-state index contributed by atoms with van der Waals surface area (Å²) in [6.07, 6.45) is 1.94. The number of nitrogens with zero attached hydrogens (tertiary/aromatic N) is 1. The maximum atomic E-state index is 11.2. The number of carbonyl (C=O) groups is 1. The van der Waals surface area contributed by atoms with Gasteiger partial charge in [0.25, 0.3) is 0 Å². The molecule has 2 aromatic heterocycles. The number of hydrogen-bond donors (Lipinski definition) is 1. The molecule has 1 aromatic carbocycles. The lowest BCUT2D eigenvalue weighted by Gasteiger charge is -2.04. The standard InChI is InChI=1S/C14H10BrNO2S/c15-13-5-4-9(19-13)8-16-7-6-10-11(14(17)18)2-1-3-12(10)16/h1-7H,8H2,(H,17,18). The first-order valence-electron chi connectivity index (χ1n) is 5.70. The van der Waals surface area contributed by atoms with Crippen molar-refractivity contribution < 1.29 is 9.90 Å². The minimum absolute atomic E-state index is 0.351. The highest BCUT2D eigenvalue weighted by atomic mass is 79.9. The van der Waals surface area contributed by atoms with Crippen LogP contribution >= 0.6 is 27.3 Å². The van der Waals surface area contributed by atoms with Crippen molar-refractivity contribution in [3.05, 3.63) is 56.8 Å². The molecule has 3 aromatic rings. The van der Waals surface area contributed by atoms with Gasteiger partial charge in [0, 0.05) is 22.0 Å².